The summed E-state index contributed by atoms with van der Waals surface area (Å²) in [5.41, 5.74) is 6.12. The summed E-state index contributed by atoms with van der Waals surface area (Å²) in [6.45, 7) is 0. The topological polar surface area (TPSA) is 72.3 Å². The van der Waals surface area contributed by atoms with Gasteiger partial charge < -0.3 is 4.98 Å². The highest BCUT2D eigenvalue weighted by Crippen LogP contribution is 2.32. The van der Waals surface area contributed by atoms with Gasteiger partial charge in [0.15, 0.2) is 0 Å². The number of nitrogens with one attached hydrogen (secondary N) is 1. The van der Waals surface area contributed by atoms with Gasteiger partial charge in [0, 0.05) is 59.3 Å². The second kappa shape index (κ2) is 5.24. The molecule has 0 saturated carbocycles. The van der Waals surface area contributed by atoms with E-state index in [0.717, 1.165) is 44.2 Å². The van der Waals surface area contributed by atoms with Crippen molar-refractivity contribution in [1.29, 1.82) is 0 Å². The van der Waals surface area contributed by atoms with Crippen LogP contribution in [-0.2, 0) is 7.05 Å². The zero-order valence-electron chi connectivity index (χ0n) is 13.5. The molecule has 6 nitrogen and oxygen atoms in total. The van der Waals surface area contributed by atoms with Crippen molar-refractivity contribution >= 4 is 21.9 Å². The largest absolute Gasteiger partial charge is 0.346 e. The third-order valence-corrected chi connectivity index (χ3v) is 4.38. The Hall–Kier alpha value is -3.54. The molecule has 5 aromatic rings. The first-order valence-electron chi connectivity index (χ1n) is 7.94. The normalized spacial score (nSPS) is 11.4. The lowest BCUT2D eigenvalue weighted by Crippen LogP contribution is -1.85. The average molecular weight is 326 g/mol. The van der Waals surface area contributed by atoms with Gasteiger partial charge in [0.25, 0.3) is 0 Å². The first-order valence-corrected chi connectivity index (χ1v) is 7.94. The summed E-state index contributed by atoms with van der Waals surface area (Å²) in [7, 11) is 1.91. The molecule has 0 bridgehead atoms. The van der Waals surface area contributed by atoms with Crippen LogP contribution >= 0.6 is 0 Å². The predicted molar refractivity (Wildman–Crippen MR) is 96.8 cm³/mol. The molecular weight excluding hydrogens is 312 g/mol. The van der Waals surface area contributed by atoms with Crippen molar-refractivity contribution in [3.8, 4) is 22.3 Å². The van der Waals surface area contributed by atoms with Crippen molar-refractivity contribution < 1.29 is 0 Å². The van der Waals surface area contributed by atoms with Gasteiger partial charge in [0.05, 0.1) is 11.7 Å². The molecule has 0 aliphatic rings. The summed E-state index contributed by atoms with van der Waals surface area (Å²) in [4.78, 5) is 16.2. The number of aromatic nitrogens is 6. The molecule has 0 spiro atoms. The minimum absolute atomic E-state index is 0.868. The third kappa shape index (κ3) is 2.27. The van der Waals surface area contributed by atoms with Crippen LogP contribution in [0.25, 0.3) is 44.2 Å². The maximum absolute atomic E-state index is 4.56. The Morgan fingerprint density at radius 1 is 0.960 bits per heavy atom. The summed E-state index contributed by atoms with van der Waals surface area (Å²) in [5, 5.41) is 6.34. The Morgan fingerprint density at radius 3 is 2.80 bits per heavy atom. The molecule has 0 aliphatic carbocycles. The monoisotopic (exact) mass is 326 g/mol. The number of hydrogen-bond donors (Lipinski definition) is 1. The number of hydrogen-bond acceptors (Lipinski definition) is 4. The van der Waals surface area contributed by atoms with Crippen LogP contribution in [-0.4, -0.2) is 29.7 Å². The zero-order valence-corrected chi connectivity index (χ0v) is 13.5. The number of H-pyrrole nitrogens is 1. The van der Waals surface area contributed by atoms with Crippen molar-refractivity contribution in [2.75, 3.05) is 0 Å². The van der Waals surface area contributed by atoms with Gasteiger partial charge in [-0.1, -0.05) is 6.07 Å². The predicted octanol–water partition coefficient (Wildman–Crippen LogP) is 3.57. The van der Waals surface area contributed by atoms with Gasteiger partial charge in [0.1, 0.15) is 12.0 Å². The Balaban J connectivity index is 1.69. The number of aryl methyl sites for hydroxylation is 1. The van der Waals surface area contributed by atoms with Crippen molar-refractivity contribution in [2.45, 2.75) is 0 Å². The Morgan fingerprint density at radius 2 is 1.92 bits per heavy atom. The van der Waals surface area contributed by atoms with Crippen molar-refractivity contribution in [2.24, 2.45) is 7.05 Å². The maximum Gasteiger partial charge on any atom is 0.137 e. The molecule has 1 aromatic carbocycles. The number of benzene rings is 1. The molecular formula is C19H14N6. The first kappa shape index (κ1) is 13.9. The van der Waals surface area contributed by atoms with Crippen molar-refractivity contribution in [3.63, 3.8) is 0 Å². The van der Waals surface area contributed by atoms with E-state index in [1.165, 1.54) is 0 Å². The highest BCUT2D eigenvalue weighted by Gasteiger charge is 2.10. The van der Waals surface area contributed by atoms with E-state index in [1.807, 2.05) is 44.1 Å². The molecule has 120 valence electrons. The highest BCUT2D eigenvalue weighted by molar-refractivity contribution is 5.97. The van der Waals surface area contributed by atoms with E-state index in [1.54, 1.807) is 11.0 Å². The average Bonchev–Trinajstić information content (AvgIpc) is 3.27. The zero-order chi connectivity index (χ0) is 16.8. The molecule has 25 heavy (non-hydrogen) atoms. The minimum atomic E-state index is 0.868. The van der Waals surface area contributed by atoms with Crippen LogP contribution in [0.15, 0.2) is 61.6 Å². The molecule has 5 rings (SSSR count). The SMILES string of the molecule is Cn1cc(-c2cnc3[nH]cc(-c4ccc5ncncc5c4)c3c2)cn1. The third-order valence-electron chi connectivity index (χ3n) is 4.38. The van der Waals surface area contributed by atoms with E-state index in [9.17, 15) is 0 Å². The van der Waals surface area contributed by atoms with Crippen molar-refractivity contribution in [1.82, 2.24) is 29.7 Å². The second-order valence-electron chi connectivity index (χ2n) is 6.02. The molecule has 1 N–H and O–H groups in total. The van der Waals surface area contributed by atoms with Crippen LogP contribution in [0.5, 0.6) is 0 Å². The van der Waals surface area contributed by atoms with Crippen LogP contribution in [0.4, 0.5) is 0 Å². The van der Waals surface area contributed by atoms with Gasteiger partial charge in [-0.05, 0) is 23.8 Å². The first-order chi connectivity index (χ1) is 12.3. The van der Waals surface area contributed by atoms with E-state index in [4.69, 9.17) is 0 Å². The van der Waals surface area contributed by atoms with Gasteiger partial charge in [-0.25, -0.2) is 15.0 Å². The fraction of sp³-hybridized carbons (Fsp3) is 0.0526. The number of aromatic amines is 1. The lowest BCUT2D eigenvalue weighted by molar-refractivity contribution is 0.768. The smallest absolute Gasteiger partial charge is 0.137 e. The molecule has 0 saturated heterocycles. The Labute approximate surface area is 143 Å². The van der Waals surface area contributed by atoms with Crippen LogP contribution in [0.3, 0.4) is 0 Å². The van der Waals surface area contributed by atoms with Gasteiger partial charge in [-0.15, -0.1) is 0 Å². The van der Waals surface area contributed by atoms with Crippen LogP contribution in [0, 0.1) is 0 Å². The molecule has 0 aliphatic heterocycles. The van der Waals surface area contributed by atoms with Crippen LogP contribution in [0.1, 0.15) is 0 Å². The molecule has 4 aromatic heterocycles. The van der Waals surface area contributed by atoms with Gasteiger partial charge in [0.2, 0.25) is 0 Å². The number of pyridine rings is 1. The van der Waals surface area contributed by atoms with Crippen LogP contribution < -0.4 is 0 Å². The minimum Gasteiger partial charge on any atom is -0.346 e. The van der Waals surface area contributed by atoms with E-state index < -0.39 is 0 Å². The van der Waals surface area contributed by atoms with E-state index >= 15 is 0 Å². The van der Waals surface area contributed by atoms with Gasteiger partial charge >= 0.3 is 0 Å². The molecule has 4 heterocycles. The fourth-order valence-corrected chi connectivity index (χ4v) is 3.12. The number of fused-ring (bicyclic) bond motifs is 2. The van der Waals surface area contributed by atoms with E-state index in [0.29, 0.717) is 0 Å². The fourth-order valence-electron chi connectivity index (χ4n) is 3.12. The number of nitrogens with zero attached hydrogens (tertiary/aromatic N) is 5. The molecule has 0 fully saturated rings. The lowest BCUT2D eigenvalue weighted by Gasteiger charge is -2.03. The summed E-state index contributed by atoms with van der Waals surface area (Å²) in [6, 6.07) is 8.35. The number of rotatable bonds is 2. The van der Waals surface area contributed by atoms with E-state index in [-0.39, 0.29) is 0 Å². The van der Waals surface area contributed by atoms with Gasteiger partial charge in [-0.2, -0.15) is 5.10 Å². The van der Waals surface area contributed by atoms with Gasteiger partial charge in [-0.3, -0.25) is 4.68 Å². The molecule has 0 radical (unpaired) electrons. The lowest BCUT2D eigenvalue weighted by atomic mass is 10.0. The molecule has 0 amide bonds. The highest BCUT2D eigenvalue weighted by atomic mass is 15.2. The summed E-state index contributed by atoms with van der Waals surface area (Å²) < 4.78 is 1.79. The van der Waals surface area contributed by atoms with Crippen LogP contribution in [0.2, 0.25) is 0 Å². The maximum atomic E-state index is 4.56. The summed E-state index contributed by atoms with van der Waals surface area (Å²) >= 11 is 0. The van der Waals surface area contributed by atoms with E-state index in [2.05, 4.69) is 43.2 Å². The summed E-state index contributed by atoms with van der Waals surface area (Å²) in [6.07, 6.45) is 11.1. The molecule has 6 heteroatoms. The molecule has 0 atom stereocenters. The standard InChI is InChI=1S/C19H14N6/c1-25-10-15(8-24-25)13-5-16-17(9-22-19(16)21-7-13)12-2-3-18-14(4-12)6-20-11-23-18/h2-11H,1H3,(H,21,22). The molecule has 0 unspecified atom stereocenters. The van der Waals surface area contributed by atoms with Crippen molar-refractivity contribution in [3.05, 3.63) is 61.6 Å². The Kier molecular flexibility index (Phi) is 2.90. The quantitative estimate of drug-likeness (QED) is 0.538. The Bertz CT molecular complexity index is 1220. The second-order valence-corrected chi connectivity index (χ2v) is 6.02. The summed E-state index contributed by atoms with van der Waals surface area (Å²) in [5.74, 6) is 0.